The van der Waals surface area contributed by atoms with Gasteiger partial charge in [-0.2, -0.15) is 0 Å². The van der Waals surface area contributed by atoms with Crippen molar-refractivity contribution in [2.45, 2.75) is 40.2 Å². The van der Waals surface area contributed by atoms with E-state index in [4.69, 9.17) is 5.73 Å². The van der Waals surface area contributed by atoms with Crippen molar-refractivity contribution >= 4 is 11.7 Å². The minimum absolute atomic E-state index is 0.0552. The smallest absolute Gasteiger partial charge is 0.255 e. The molecule has 1 atom stereocenters. The van der Waals surface area contributed by atoms with Crippen molar-refractivity contribution in [3.8, 4) is 0 Å². The number of amides is 1. The number of likely N-dealkylation sites (tertiary alicyclic amines) is 1. The number of nitrogens with zero attached hydrogens (tertiary/aromatic N) is 3. The van der Waals surface area contributed by atoms with Crippen molar-refractivity contribution in [1.82, 2.24) is 9.88 Å². The van der Waals surface area contributed by atoms with Crippen LogP contribution in [-0.4, -0.2) is 48.0 Å². The lowest BCUT2D eigenvalue weighted by atomic mass is 9.90. The molecule has 0 saturated carbocycles. The first-order chi connectivity index (χ1) is 10.4. The molecule has 2 heterocycles. The molecule has 122 valence electrons. The molecule has 1 aromatic rings. The van der Waals surface area contributed by atoms with E-state index in [9.17, 15) is 4.79 Å². The molecule has 1 aliphatic rings. The van der Waals surface area contributed by atoms with E-state index in [-0.39, 0.29) is 11.3 Å². The van der Waals surface area contributed by atoms with Crippen LogP contribution >= 0.6 is 0 Å². The Kier molecular flexibility index (Phi) is 5.06. The Morgan fingerprint density at radius 3 is 2.68 bits per heavy atom. The topological polar surface area (TPSA) is 62.5 Å². The highest BCUT2D eigenvalue weighted by Crippen LogP contribution is 2.29. The number of hydrogen-bond donors (Lipinski definition) is 1. The average molecular weight is 304 g/mol. The van der Waals surface area contributed by atoms with Gasteiger partial charge in [0.2, 0.25) is 0 Å². The van der Waals surface area contributed by atoms with Gasteiger partial charge in [-0.05, 0) is 51.3 Å². The zero-order chi connectivity index (χ0) is 16.3. The lowest BCUT2D eigenvalue weighted by Gasteiger charge is -2.26. The summed E-state index contributed by atoms with van der Waals surface area (Å²) in [5.74, 6) is 0.978. The Hall–Kier alpha value is -1.62. The minimum atomic E-state index is 0.0552. The van der Waals surface area contributed by atoms with Crippen LogP contribution in [0.25, 0.3) is 0 Å². The molecule has 0 spiro atoms. The van der Waals surface area contributed by atoms with Crippen molar-refractivity contribution in [3.63, 3.8) is 0 Å². The standard InChI is InChI=1S/C17H28N4O/c1-5-21(13(2)3)15-7-6-14(10-19-15)16(22)20-9-8-17(4,11-18)12-20/h6-7,10,13H,5,8-9,11-12,18H2,1-4H3. The number of pyridine rings is 1. The first-order valence-electron chi connectivity index (χ1n) is 8.12. The fourth-order valence-corrected chi connectivity index (χ4v) is 3.02. The minimum Gasteiger partial charge on any atom is -0.354 e. The normalized spacial score (nSPS) is 21.5. The monoisotopic (exact) mass is 304 g/mol. The van der Waals surface area contributed by atoms with Crippen molar-refractivity contribution in [1.29, 1.82) is 0 Å². The van der Waals surface area contributed by atoms with Gasteiger partial charge < -0.3 is 15.5 Å². The van der Waals surface area contributed by atoms with E-state index < -0.39 is 0 Å². The van der Waals surface area contributed by atoms with Gasteiger partial charge in [-0.15, -0.1) is 0 Å². The Balaban J connectivity index is 2.09. The maximum absolute atomic E-state index is 12.6. The maximum atomic E-state index is 12.6. The SMILES string of the molecule is CCN(c1ccc(C(=O)N2CCC(C)(CN)C2)cn1)C(C)C. The van der Waals surface area contributed by atoms with Gasteiger partial charge in [-0.3, -0.25) is 4.79 Å². The molecular formula is C17H28N4O. The zero-order valence-corrected chi connectivity index (χ0v) is 14.2. The van der Waals surface area contributed by atoms with E-state index >= 15 is 0 Å². The van der Waals surface area contributed by atoms with Crippen LogP contribution in [0.3, 0.4) is 0 Å². The summed E-state index contributed by atoms with van der Waals surface area (Å²) in [6.07, 6.45) is 2.67. The average Bonchev–Trinajstić information content (AvgIpc) is 2.91. The second-order valence-electron chi connectivity index (χ2n) is 6.78. The lowest BCUT2D eigenvalue weighted by Crippen LogP contribution is -2.34. The van der Waals surface area contributed by atoms with E-state index in [0.717, 1.165) is 31.9 Å². The summed E-state index contributed by atoms with van der Waals surface area (Å²) in [6, 6.07) is 4.21. The quantitative estimate of drug-likeness (QED) is 0.905. The van der Waals surface area contributed by atoms with Crippen LogP contribution in [0, 0.1) is 5.41 Å². The molecule has 1 amide bonds. The van der Waals surface area contributed by atoms with Crippen molar-refractivity contribution in [3.05, 3.63) is 23.9 Å². The molecule has 5 heteroatoms. The largest absolute Gasteiger partial charge is 0.354 e. The third-order valence-corrected chi connectivity index (χ3v) is 4.59. The van der Waals surface area contributed by atoms with Gasteiger partial charge in [0.1, 0.15) is 5.82 Å². The van der Waals surface area contributed by atoms with E-state index in [0.29, 0.717) is 18.2 Å². The predicted octanol–water partition coefficient (Wildman–Crippen LogP) is 2.13. The summed E-state index contributed by atoms with van der Waals surface area (Å²) >= 11 is 0. The summed E-state index contributed by atoms with van der Waals surface area (Å²) in [4.78, 5) is 21.1. The van der Waals surface area contributed by atoms with Gasteiger partial charge >= 0.3 is 0 Å². The van der Waals surface area contributed by atoms with Crippen LogP contribution in [0.15, 0.2) is 18.3 Å². The Bertz CT molecular complexity index is 514. The van der Waals surface area contributed by atoms with Crippen LogP contribution in [0.2, 0.25) is 0 Å². The van der Waals surface area contributed by atoms with Gasteiger partial charge in [-0.1, -0.05) is 6.92 Å². The molecule has 1 aromatic heterocycles. The zero-order valence-electron chi connectivity index (χ0n) is 14.2. The number of anilines is 1. The summed E-state index contributed by atoms with van der Waals surface area (Å²) in [5.41, 5.74) is 6.52. The molecule has 2 rings (SSSR count). The Morgan fingerprint density at radius 2 is 2.23 bits per heavy atom. The van der Waals surface area contributed by atoms with Crippen LogP contribution in [-0.2, 0) is 0 Å². The third-order valence-electron chi connectivity index (χ3n) is 4.59. The first kappa shape index (κ1) is 16.7. The van der Waals surface area contributed by atoms with Crippen molar-refractivity contribution < 1.29 is 4.79 Å². The third kappa shape index (κ3) is 3.40. The molecule has 0 aliphatic carbocycles. The highest BCUT2D eigenvalue weighted by molar-refractivity contribution is 5.94. The van der Waals surface area contributed by atoms with Crippen LogP contribution in [0.5, 0.6) is 0 Å². The van der Waals surface area contributed by atoms with Crippen LogP contribution < -0.4 is 10.6 Å². The van der Waals surface area contributed by atoms with Gasteiger partial charge in [0.25, 0.3) is 5.91 Å². The van der Waals surface area contributed by atoms with E-state index in [1.807, 2.05) is 17.0 Å². The summed E-state index contributed by atoms with van der Waals surface area (Å²) in [6.45, 7) is 11.6. The number of carbonyl (C=O) groups excluding carboxylic acids is 1. The lowest BCUT2D eigenvalue weighted by molar-refractivity contribution is 0.0776. The molecule has 5 nitrogen and oxygen atoms in total. The van der Waals surface area contributed by atoms with Crippen LogP contribution in [0.4, 0.5) is 5.82 Å². The second kappa shape index (κ2) is 6.65. The molecule has 1 saturated heterocycles. The molecule has 0 aromatic carbocycles. The molecule has 1 aliphatic heterocycles. The van der Waals surface area contributed by atoms with Gasteiger partial charge in [-0.25, -0.2) is 4.98 Å². The number of hydrogen-bond acceptors (Lipinski definition) is 4. The first-order valence-corrected chi connectivity index (χ1v) is 8.12. The Labute approximate surface area is 133 Å². The fourth-order valence-electron chi connectivity index (χ4n) is 3.02. The number of rotatable bonds is 5. The molecule has 22 heavy (non-hydrogen) atoms. The molecule has 1 fully saturated rings. The van der Waals surface area contributed by atoms with E-state index in [1.165, 1.54) is 0 Å². The molecular weight excluding hydrogens is 276 g/mol. The highest BCUT2D eigenvalue weighted by Gasteiger charge is 2.35. The summed E-state index contributed by atoms with van der Waals surface area (Å²) in [7, 11) is 0. The number of nitrogens with two attached hydrogens (primary N) is 1. The van der Waals surface area contributed by atoms with Crippen LogP contribution in [0.1, 0.15) is 44.5 Å². The Morgan fingerprint density at radius 1 is 1.50 bits per heavy atom. The predicted molar refractivity (Wildman–Crippen MR) is 90.1 cm³/mol. The van der Waals surface area contributed by atoms with Crippen molar-refractivity contribution in [2.24, 2.45) is 11.1 Å². The van der Waals surface area contributed by atoms with Gasteiger partial charge in [0.15, 0.2) is 0 Å². The van der Waals surface area contributed by atoms with E-state index in [1.54, 1.807) is 6.20 Å². The molecule has 2 N–H and O–H groups in total. The van der Waals surface area contributed by atoms with Gasteiger partial charge in [0, 0.05) is 31.9 Å². The fraction of sp³-hybridized carbons (Fsp3) is 0.647. The summed E-state index contributed by atoms with van der Waals surface area (Å²) < 4.78 is 0. The number of aromatic nitrogens is 1. The molecule has 0 bridgehead atoms. The summed E-state index contributed by atoms with van der Waals surface area (Å²) in [5, 5.41) is 0. The van der Waals surface area contributed by atoms with Crippen molar-refractivity contribution in [2.75, 3.05) is 31.1 Å². The second-order valence-corrected chi connectivity index (χ2v) is 6.78. The molecule has 1 unspecified atom stereocenters. The maximum Gasteiger partial charge on any atom is 0.255 e. The number of carbonyl (C=O) groups is 1. The highest BCUT2D eigenvalue weighted by atomic mass is 16.2. The molecule has 0 radical (unpaired) electrons. The van der Waals surface area contributed by atoms with Gasteiger partial charge in [0.05, 0.1) is 5.56 Å². The van der Waals surface area contributed by atoms with E-state index in [2.05, 4.69) is 37.6 Å².